The lowest BCUT2D eigenvalue weighted by Gasteiger charge is -2.23. The van der Waals surface area contributed by atoms with Crippen molar-refractivity contribution in [3.63, 3.8) is 0 Å². The number of hydrogen-bond acceptors (Lipinski definition) is 4. The molecule has 4 nitrogen and oxygen atoms in total. The number of halogens is 1. The van der Waals surface area contributed by atoms with Gasteiger partial charge in [0.2, 0.25) is 0 Å². The van der Waals surface area contributed by atoms with E-state index in [-0.39, 0.29) is 18.2 Å². The number of hydrogen-bond donors (Lipinski definition) is 1. The Hall–Kier alpha value is -1.10. The third-order valence-electron chi connectivity index (χ3n) is 3.67. The van der Waals surface area contributed by atoms with Gasteiger partial charge in [0, 0.05) is 19.1 Å². The number of ether oxygens (including phenoxy) is 1. The lowest BCUT2D eigenvalue weighted by atomic mass is 10.1. The molecular formula is C15H23ClN2O2. The van der Waals surface area contributed by atoms with Gasteiger partial charge in [0.15, 0.2) is 5.78 Å². The molecule has 20 heavy (non-hydrogen) atoms. The number of nitrogens with zero attached hydrogens (tertiary/aromatic N) is 1. The Morgan fingerprint density at radius 3 is 2.90 bits per heavy atom. The monoisotopic (exact) mass is 298 g/mol. The van der Waals surface area contributed by atoms with Gasteiger partial charge >= 0.3 is 0 Å². The van der Waals surface area contributed by atoms with E-state index in [0.29, 0.717) is 30.5 Å². The zero-order chi connectivity index (χ0) is 13.7. The molecule has 1 unspecified atom stereocenters. The van der Waals surface area contributed by atoms with E-state index in [2.05, 4.69) is 4.90 Å². The van der Waals surface area contributed by atoms with E-state index in [9.17, 15) is 4.79 Å². The average molecular weight is 299 g/mol. The van der Waals surface area contributed by atoms with Crippen LogP contribution in [0.5, 0.6) is 5.75 Å². The van der Waals surface area contributed by atoms with Crippen LogP contribution in [0, 0.1) is 0 Å². The molecule has 0 amide bonds. The maximum Gasteiger partial charge on any atom is 0.163 e. The van der Waals surface area contributed by atoms with E-state index in [1.54, 1.807) is 13.0 Å². The predicted octanol–water partition coefficient (Wildman–Crippen LogP) is 2.11. The van der Waals surface area contributed by atoms with E-state index in [4.69, 9.17) is 10.5 Å². The van der Waals surface area contributed by atoms with Crippen molar-refractivity contribution >= 4 is 18.2 Å². The summed E-state index contributed by atoms with van der Waals surface area (Å²) in [6, 6.07) is 7.89. The maximum absolute atomic E-state index is 11.5. The minimum absolute atomic E-state index is 0. The molecule has 1 aromatic rings. The Morgan fingerprint density at radius 2 is 2.20 bits per heavy atom. The van der Waals surface area contributed by atoms with Gasteiger partial charge in [0.25, 0.3) is 0 Å². The summed E-state index contributed by atoms with van der Waals surface area (Å²) in [5.41, 5.74) is 6.40. The summed E-state index contributed by atoms with van der Waals surface area (Å²) in [7, 11) is 0. The molecular weight excluding hydrogens is 276 g/mol. The fraction of sp³-hybridized carbons (Fsp3) is 0.533. The van der Waals surface area contributed by atoms with Gasteiger partial charge in [-0.15, -0.1) is 12.4 Å². The fourth-order valence-electron chi connectivity index (χ4n) is 2.61. The number of ketones is 1. The molecule has 1 heterocycles. The standard InChI is InChI=1S/C15H22N2O2.ClH/c1-12(18)14-6-2-3-7-15(14)19-10-9-17-8-4-5-13(17)11-16;/h2-3,6-7,13H,4-5,8-11,16H2,1H3;1H. The summed E-state index contributed by atoms with van der Waals surface area (Å²) in [5, 5.41) is 0. The molecule has 1 saturated heterocycles. The lowest BCUT2D eigenvalue weighted by Crippen LogP contribution is -2.37. The normalized spacial score (nSPS) is 18.6. The van der Waals surface area contributed by atoms with Crippen molar-refractivity contribution in [3.8, 4) is 5.75 Å². The topological polar surface area (TPSA) is 55.6 Å². The van der Waals surface area contributed by atoms with Crippen LogP contribution in [0.3, 0.4) is 0 Å². The van der Waals surface area contributed by atoms with Gasteiger partial charge in [-0.1, -0.05) is 12.1 Å². The third kappa shape index (κ3) is 4.20. The Balaban J connectivity index is 0.00000200. The lowest BCUT2D eigenvalue weighted by molar-refractivity contribution is 0.101. The van der Waals surface area contributed by atoms with Crippen molar-refractivity contribution < 1.29 is 9.53 Å². The molecule has 0 spiro atoms. The van der Waals surface area contributed by atoms with Gasteiger partial charge in [-0.3, -0.25) is 9.69 Å². The molecule has 0 saturated carbocycles. The zero-order valence-corrected chi connectivity index (χ0v) is 12.7. The molecule has 0 aliphatic carbocycles. The molecule has 5 heteroatoms. The number of benzene rings is 1. The number of carbonyl (C=O) groups is 1. The number of likely N-dealkylation sites (tertiary alicyclic amines) is 1. The first-order valence-corrected chi connectivity index (χ1v) is 6.89. The van der Waals surface area contributed by atoms with Crippen molar-refractivity contribution in [2.75, 3.05) is 26.2 Å². The Kier molecular flexibility index (Phi) is 6.99. The van der Waals surface area contributed by atoms with Crippen LogP contribution in [0.15, 0.2) is 24.3 Å². The summed E-state index contributed by atoms with van der Waals surface area (Å²) in [5.74, 6) is 0.718. The average Bonchev–Trinajstić information content (AvgIpc) is 2.86. The van der Waals surface area contributed by atoms with Gasteiger partial charge < -0.3 is 10.5 Å². The number of nitrogens with two attached hydrogens (primary N) is 1. The molecule has 1 aliphatic heterocycles. The van der Waals surface area contributed by atoms with Crippen LogP contribution < -0.4 is 10.5 Å². The number of Topliss-reactive ketones (excluding diaryl/α,β-unsaturated/α-hetero) is 1. The first-order valence-electron chi connectivity index (χ1n) is 6.89. The summed E-state index contributed by atoms with van der Waals surface area (Å²) in [6.07, 6.45) is 2.40. The molecule has 2 rings (SSSR count). The maximum atomic E-state index is 11.5. The van der Waals surface area contributed by atoms with Crippen LogP contribution in [0.25, 0.3) is 0 Å². The van der Waals surface area contributed by atoms with Crippen LogP contribution in [-0.4, -0.2) is 43.0 Å². The molecule has 0 radical (unpaired) electrons. The minimum atomic E-state index is 0. The quantitative estimate of drug-likeness (QED) is 0.817. The summed E-state index contributed by atoms with van der Waals surface area (Å²) < 4.78 is 5.75. The molecule has 0 aromatic heterocycles. The predicted molar refractivity (Wildman–Crippen MR) is 82.8 cm³/mol. The van der Waals surface area contributed by atoms with Crippen molar-refractivity contribution in [1.82, 2.24) is 4.90 Å². The minimum Gasteiger partial charge on any atom is -0.491 e. The van der Waals surface area contributed by atoms with Gasteiger partial charge in [0.1, 0.15) is 12.4 Å². The highest BCUT2D eigenvalue weighted by Crippen LogP contribution is 2.19. The smallest absolute Gasteiger partial charge is 0.163 e. The van der Waals surface area contributed by atoms with Crippen LogP contribution in [-0.2, 0) is 0 Å². The van der Waals surface area contributed by atoms with Gasteiger partial charge in [-0.05, 0) is 38.4 Å². The Labute approximate surface area is 126 Å². The highest BCUT2D eigenvalue weighted by atomic mass is 35.5. The molecule has 1 fully saturated rings. The van der Waals surface area contributed by atoms with Crippen LogP contribution >= 0.6 is 12.4 Å². The van der Waals surface area contributed by atoms with Crippen molar-refractivity contribution in [3.05, 3.63) is 29.8 Å². The Bertz CT molecular complexity index is 440. The van der Waals surface area contributed by atoms with Gasteiger partial charge in [-0.25, -0.2) is 0 Å². The highest BCUT2D eigenvalue weighted by molar-refractivity contribution is 5.96. The van der Waals surface area contributed by atoms with E-state index < -0.39 is 0 Å². The second-order valence-electron chi connectivity index (χ2n) is 4.97. The van der Waals surface area contributed by atoms with Crippen molar-refractivity contribution in [2.24, 2.45) is 5.73 Å². The second-order valence-corrected chi connectivity index (χ2v) is 4.97. The van der Waals surface area contributed by atoms with Crippen molar-refractivity contribution in [1.29, 1.82) is 0 Å². The molecule has 1 atom stereocenters. The second kappa shape index (κ2) is 8.25. The van der Waals surface area contributed by atoms with E-state index >= 15 is 0 Å². The van der Waals surface area contributed by atoms with Gasteiger partial charge in [-0.2, -0.15) is 0 Å². The molecule has 112 valence electrons. The fourth-order valence-corrected chi connectivity index (χ4v) is 2.61. The summed E-state index contributed by atoms with van der Waals surface area (Å²) in [4.78, 5) is 13.8. The molecule has 1 aliphatic rings. The summed E-state index contributed by atoms with van der Waals surface area (Å²) >= 11 is 0. The molecule has 2 N–H and O–H groups in total. The van der Waals surface area contributed by atoms with Crippen LogP contribution in [0.1, 0.15) is 30.1 Å². The summed E-state index contributed by atoms with van der Waals surface area (Å²) in [6.45, 7) is 4.84. The third-order valence-corrected chi connectivity index (χ3v) is 3.67. The van der Waals surface area contributed by atoms with Crippen LogP contribution in [0.2, 0.25) is 0 Å². The van der Waals surface area contributed by atoms with E-state index in [0.717, 1.165) is 13.1 Å². The first-order chi connectivity index (χ1) is 9.22. The number of para-hydroxylation sites is 1. The zero-order valence-electron chi connectivity index (χ0n) is 11.9. The number of carbonyl (C=O) groups excluding carboxylic acids is 1. The number of rotatable bonds is 6. The molecule has 1 aromatic carbocycles. The van der Waals surface area contributed by atoms with Crippen molar-refractivity contribution in [2.45, 2.75) is 25.8 Å². The van der Waals surface area contributed by atoms with Gasteiger partial charge in [0.05, 0.1) is 5.56 Å². The molecule has 0 bridgehead atoms. The van der Waals surface area contributed by atoms with E-state index in [1.807, 2.05) is 18.2 Å². The first kappa shape index (κ1) is 17.0. The van der Waals surface area contributed by atoms with Crippen LogP contribution in [0.4, 0.5) is 0 Å². The largest absolute Gasteiger partial charge is 0.491 e. The Morgan fingerprint density at radius 1 is 1.45 bits per heavy atom. The van der Waals surface area contributed by atoms with E-state index in [1.165, 1.54) is 12.8 Å². The highest BCUT2D eigenvalue weighted by Gasteiger charge is 2.22. The SMILES string of the molecule is CC(=O)c1ccccc1OCCN1CCCC1CN.Cl.